The Morgan fingerprint density at radius 3 is 2.87 bits per heavy atom. The van der Waals surface area contributed by atoms with E-state index in [9.17, 15) is 4.79 Å². The summed E-state index contributed by atoms with van der Waals surface area (Å²) in [6.07, 6.45) is 2.16. The maximum absolute atomic E-state index is 11.7. The van der Waals surface area contributed by atoms with Crippen molar-refractivity contribution in [3.8, 4) is 0 Å². The highest BCUT2D eigenvalue weighted by Crippen LogP contribution is 2.23. The molecule has 0 saturated carbocycles. The van der Waals surface area contributed by atoms with E-state index in [1.807, 2.05) is 11.8 Å². The Labute approximate surface area is 105 Å². The van der Waals surface area contributed by atoms with Gasteiger partial charge in [-0.2, -0.15) is 11.8 Å². The molecular formula is C11H20BrNOS. The van der Waals surface area contributed by atoms with Crippen LogP contribution in [-0.4, -0.2) is 28.8 Å². The first-order valence-corrected chi connectivity index (χ1v) is 7.66. The van der Waals surface area contributed by atoms with Gasteiger partial charge in [0.15, 0.2) is 0 Å². The van der Waals surface area contributed by atoms with Gasteiger partial charge in [0, 0.05) is 23.0 Å². The number of carbonyl (C=O) groups is 1. The zero-order chi connectivity index (χ0) is 11.3. The maximum atomic E-state index is 11.7. The molecule has 1 aliphatic heterocycles. The Morgan fingerprint density at radius 1 is 1.60 bits per heavy atom. The minimum Gasteiger partial charge on any atom is -0.355 e. The molecule has 0 aliphatic carbocycles. The molecular weight excluding hydrogens is 274 g/mol. The summed E-state index contributed by atoms with van der Waals surface area (Å²) in [6, 6.07) is 0. The van der Waals surface area contributed by atoms with Crippen LogP contribution in [0, 0.1) is 11.8 Å². The second-order valence-corrected chi connectivity index (χ2v) is 6.98. The molecule has 0 spiro atoms. The van der Waals surface area contributed by atoms with Crippen LogP contribution in [0.3, 0.4) is 0 Å². The van der Waals surface area contributed by atoms with Gasteiger partial charge in [0.2, 0.25) is 5.91 Å². The number of hydrogen-bond donors (Lipinski definition) is 1. The standard InChI is InChI=1S/C11H20BrNOS/c1-8(2)5-10(12)6-13-11(14)9-3-4-15-7-9/h8-10H,3-7H2,1-2H3,(H,13,14). The van der Waals surface area contributed by atoms with Crippen molar-refractivity contribution >= 4 is 33.6 Å². The van der Waals surface area contributed by atoms with Crippen LogP contribution in [0.5, 0.6) is 0 Å². The Kier molecular flexibility index (Phi) is 6.05. The van der Waals surface area contributed by atoms with Crippen molar-refractivity contribution in [1.82, 2.24) is 5.32 Å². The SMILES string of the molecule is CC(C)CC(Br)CNC(=O)C1CCSC1. The molecule has 4 heteroatoms. The largest absolute Gasteiger partial charge is 0.355 e. The highest BCUT2D eigenvalue weighted by molar-refractivity contribution is 9.09. The zero-order valence-corrected chi connectivity index (χ0v) is 11.9. The lowest BCUT2D eigenvalue weighted by atomic mass is 10.1. The van der Waals surface area contributed by atoms with E-state index >= 15 is 0 Å². The number of rotatable bonds is 5. The molecule has 1 rings (SSSR count). The summed E-state index contributed by atoms with van der Waals surface area (Å²) in [6.45, 7) is 5.16. The molecule has 0 radical (unpaired) electrons. The van der Waals surface area contributed by atoms with E-state index in [-0.39, 0.29) is 11.8 Å². The van der Waals surface area contributed by atoms with E-state index < -0.39 is 0 Å². The van der Waals surface area contributed by atoms with Crippen molar-refractivity contribution in [3.63, 3.8) is 0 Å². The second kappa shape index (κ2) is 6.79. The van der Waals surface area contributed by atoms with Gasteiger partial charge in [-0.1, -0.05) is 29.8 Å². The van der Waals surface area contributed by atoms with Crippen LogP contribution < -0.4 is 5.32 Å². The highest BCUT2D eigenvalue weighted by Gasteiger charge is 2.23. The molecule has 1 N–H and O–H groups in total. The molecule has 0 aromatic carbocycles. The summed E-state index contributed by atoms with van der Waals surface area (Å²) in [5.41, 5.74) is 0. The van der Waals surface area contributed by atoms with Crippen molar-refractivity contribution in [2.75, 3.05) is 18.1 Å². The molecule has 1 aliphatic rings. The van der Waals surface area contributed by atoms with Gasteiger partial charge in [-0.25, -0.2) is 0 Å². The molecule has 15 heavy (non-hydrogen) atoms. The average Bonchev–Trinajstić information content (AvgIpc) is 2.65. The smallest absolute Gasteiger partial charge is 0.224 e. The number of carbonyl (C=O) groups excluding carboxylic acids is 1. The summed E-state index contributed by atoms with van der Waals surface area (Å²) in [7, 11) is 0. The van der Waals surface area contributed by atoms with Crippen molar-refractivity contribution < 1.29 is 4.79 Å². The monoisotopic (exact) mass is 293 g/mol. The minimum absolute atomic E-state index is 0.244. The molecule has 1 saturated heterocycles. The van der Waals surface area contributed by atoms with Crippen LogP contribution in [0.2, 0.25) is 0 Å². The van der Waals surface area contributed by atoms with Crippen molar-refractivity contribution in [2.45, 2.75) is 31.5 Å². The van der Waals surface area contributed by atoms with Crippen LogP contribution in [0.4, 0.5) is 0 Å². The van der Waals surface area contributed by atoms with Gasteiger partial charge in [-0.05, 0) is 24.5 Å². The zero-order valence-electron chi connectivity index (χ0n) is 9.46. The molecule has 1 heterocycles. The minimum atomic E-state index is 0.244. The number of thioether (sulfide) groups is 1. The summed E-state index contributed by atoms with van der Waals surface area (Å²) in [5, 5.41) is 3.03. The van der Waals surface area contributed by atoms with Crippen LogP contribution in [0.1, 0.15) is 26.7 Å². The van der Waals surface area contributed by atoms with E-state index in [0.29, 0.717) is 10.7 Å². The normalized spacial score (nSPS) is 23.1. The fraction of sp³-hybridized carbons (Fsp3) is 0.909. The quantitative estimate of drug-likeness (QED) is 0.790. The molecule has 1 fully saturated rings. The van der Waals surface area contributed by atoms with Gasteiger partial charge in [0.25, 0.3) is 0 Å². The van der Waals surface area contributed by atoms with Gasteiger partial charge >= 0.3 is 0 Å². The average molecular weight is 294 g/mol. The van der Waals surface area contributed by atoms with Crippen LogP contribution in [0.25, 0.3) is 0 Å². The molecule has 2 atom stereocenters. The number of hydrogen-bond acceptors (Lipinski definition) is 2. The summed E-state index contributed by atoms with van der Waals surface area (Å²) >= 11 is 5.48. The Bertz CT molecular complexity index is 205. The van der Waals surface area contributed by atoms with Gasteiger partial charge in [0.05, 0.1) is 0 Å². The van der Waals surface area contributed by atoms with E-state index in [0.717, 1.165) is 30.9 Å². The Balaban J connectivity index is 2.15. The molecule has 0 aromatic heterocycles. The van der Waals surface area contributed by atoms with Gasteiger partial charge < -0.3 is 5.32 Å². The lowest BCUT2D eigenvalue weighted by Gasteiger charge is -2.15. The van der Waals surface area contributed by atoms with Gasteiger partial charge in [-0.15, -0.1) is 0 Å². The molecule has 1 amide bonds. The fourth-order valence-corrected chi connectivity index (χ4v) is 3.82. The maximum Gasteiger partial charge on any atom is 0.224 e. The van der Waals surface area contributed by atoms with Crippen molar-refractivity contribution in [3.05, 3.63) is 0 Å². The Morgan fingerprint density at radius 2 is 2.33 bits per heavy atom. The third-order valence-corrected chi connectivity index (χ3v) is 4.39. The van der Waals surface area contributed by atoms with Gasteiger partial charge in [0.1, 0.15) is 0 Å². The fourth-order valence-electron chi connectivity index (χ4n) is 1.69. The van der Waals surface area contributed by atoms with Crippen molar-refractivity contribution in [2.24, 2.45) is 11.8 Å². The molecule has 2 nitrogen and oxygen atoms in total. The van der Waals surface area contributed by atoms with Gasteiger partial charge in [-0.3, -0.25) is 4.79 Å². The number of nitrogens with one attached hydrogen (secondary N) is 1. The van der Waals surface area contributed by atoms with E-state index in [4.69, 9.17) is 0 Å². The Hall–Kier alpha value is 0.300. The third kappa shape index (κ3) is 5.25. The first kappa shape index (κ1) is 13.4. The third-order valence-electron chi connectivity index (χ3n) is 2.53. The number of alkyl halides is 1. The number of halogens is 1. The van der Waals surface area contributed by atoms with E-state index in [2.05, 4.69) is 35.1 Å². The predicted molar refractivity (Wildman–Crippen MR) is 70.6 cm³/mol. The number of amides is 1. The predicted octanol–water partition coefficient (Wildman–Crippen LogP) is 2.67. The summed E-state index contributed by atoms with van der Waals surface area (Å²) in [4.78, 5) is 12.1. The van der Waals surface area contributed by atoms with Crippen LogP contribution in [-0.2, 0) is 4.79 Å². The molecule has 0 aromatic rings. The molecule has 0 bridgehead atoms. The summed E-state index contributed by atoms with van der Waals surface area (Å²) in [5.74, 6) is 3.32. The first-order chi connectivity index (χ1) is 7.09. The highest BCUT2D eigenvalue weighted by atomic mass is 79.9. The lowest BCUT2D eigenvalue weighted by Crippen LogP contribution is -2.35. The lowest BCUT2D eigenvalue weighted by molar-refractivity contribution is -0.124. The molecule has 88 valence electrons. The second-order valence-electron chi connectivity index (χ2n) is 4.53. The topological polar surface area (TPSA) is 29.1 Å². The first-order valence-electron chi connectivity index (χ1n) is 5.59. The van der Waals surface area contributed by atoms with Crippen molar-refractivity contribution in [1.29, 1.82) is 0 Å². The molecule has 2 unspecified atom stereocenters. The van der Waals surface area contributed by atoms with Crippen LogP contribution in [0.15, 0.2) is 0 Å². The van der Waals surface area contributed by atoms with E-state index in [1.165, 1.54) is 0 Å². The summed E-state index contributed by atoms with van der Waals surface area (Å²) < 4.78 is 0. The van der Waals surface area contributed by atoms with E-state index in [1.54, 1.807) is 0 Å². The van der Waals surface area contributed by atoms with Crippen LogP contribution >= 0.6 is 27.7 Å².